The van der Waals surface area contributed by atoms with Crippen LogP contribution >= 0.6 is 23.5 Å². The molecule has 2 heterocycles. The number of carbonyl (C=O) groups excluding carboxylic acids is 1. The van der Waals surface area contributed by atoms with Crippen molar-refractivity contribution in [3.05, 3.63) is 65.7 Å². The van der Waals surface area contributed by atoms with Crippen molar-refractivity contribution in [3.8, 4) is 11.8 Å². The first-order valence-electron chi connectivity index (χ1n) is 11.0. The molecule has 35 heavy (non-hydrogen) atoms. The molecule has 180 valence electrons. The van der Waals surface area contributed by atoms with Gasteiger partial charge in [-0.2, -0.15) is 5.26 Å². The Morgan fingerprint density at radius 1 is 1.09 bits per heavy atom. The van der Waals surface area contributed by atoms with Crippen LogP contribution in [0.1, 0.15) is 11.1 Å². The van der Waals surface area contributed by atoms with Gasteiger partial charge in [0.15, 0.2) is 0 Å². The van der Waals surface area contributed by atoms with E-state index in [-0.39, 0.29) is 11.7 Å². The van der Waals surface area contributed by atoms with Crippen LogP contribution in [0.15, 0.2) is 64.6 Å². The molecule has 0 unspecified atom stereocenters. The van der Waals surface area contributed by atoms with Crippen LogP contribution < -0.4 is 15.0 Å². The van der Waals surface area contributed by atoms with Crippen LogP contribution in [0.3, 0.4) is 0 Å². The zero-order valence-corrected chi connectivity index (χ0v) is 20.9. The van der Waals surface area contributed by atoms with Crippen molar-refractivity contribution < 1.29 is 14.3 Å². The molecular formula is C25H25N5O3S2. The van der Waals surface area contributed by atoms with Crippen molar-refractivity contribution in [2.24, 2.45) is 0 Å². The zero-order chi connectivity index (χ0) is 24.5. The van der Waals surface area contributed by atoms with Gasteiger partial charge < -0.3 is 19.7 Å². The standard InChI is InChI=1S/C25H25N5O3S2/c1-32-20-9-7-19(8-10-20)27-22(31)17-35-24-21(15-26)23(34-16-18-5-3-2-4-6-18)28-25(29-24)30-11-13-33-14-12-30/h2-10H,11-14,16-17H2,1H3,(H,27,31). The highest BCUT2D eigenvalue weighted by molar-refractivity contribution is 8.00. The molecule has 8 nitrogen and oxygen atoms in total. The van der Waals surface area contributed by atoms with Crippen molar-refractivity contribution in [2.75, 3.05) is 49.4 Å². The summed E-state index contributed by atoms with van der Waals surface area (Å²) in [6, 6.07) is 19.4. The van der Waals surface area contributed by atoms with Gasteiger partial charge in [0, 0.05) is 24.5 Å². The molecule has 1 aromatic heterocycles. The molecule has 0 spiro atoms. The number of amides is 1. The molecule has 1 fully saturated rings. The number of morpholine rings is 1. The van der Waals surface area contributed by atoms with Crippen molar-refractivity contribution in [1.82, 2.24) is 9.97 Å². The maximum atomic E-state index is 12.6. The van der Waals surface area contributed by atoms with Crippen molar-refractivity contribution in [3.63, 3.8) is 0 Å². The highest BCUT2D eigenvalue weighted by Crippen LogP contribution is 2.32. The second kappa shape index (κ2) is 12.4. The van der Waals surface area contributed by atoms with E-state index in [0.29, 0.717) is 65.1 Å². The normalized spacial score (nSPS) is 13.2. The van der Waals surface area contributed by atoms with Gasteiger partial charge in [0.05, 0.1) is 26.1 Å². The second-order valence-corrected chi connectivity index (χ2v) is 9.49. The zero-order valence-electron chi connectivity index (χ0n) is 19.3. The van der Waals surface area contributed by atoms with Gasteiger partial charge in [-0.05, 0) is 29.8 Å². The minimum atomic E-state index is -0.186. The lowest BCUT2D eigenvalue weighted by Crippen LogP contribution is -2.37. The molecule has 0 aliphatic carbocycles. The van der Waals surface area contributed by atoms with E-state index in [0.717, 1.165) is 5.56 Å². The highest BCUT2D eigenvalue weighted by atomic mass is 32.2. The van der Waals surface area contributed by atoms with E-state index in [1.165, 1.54) is 23.5 Å². The fourth-order valence-electron chi connectivity index (χ4n) is 3.35. The van der Waals surface area contributed by atoms with E-state index in [2.05, 4.69) is 21.3 Å². The molecule has 1 aliphatic heterocycles. The smallest absolute Gasteiger partial charge is 0.234 e. The average Bonchev–Trinajstić information content (AvgIpc) is 2.92. The summed E-state index contributed by atoms with van der Waals surface area (Å²) in [5.74, 6) is 1.88. The molecule has 3 aromatic rings. The number of nitrogens with zero attached hydrogens (tertiary/aromatic N) is 4. The maximum absolute atomic E-state index is 12.6. The summed E-state index contributed by atoms with van der Waals surface area (Å²) in [4.78, 5) is 24.1. The topological polar surface area (TPSA) is 100 Å². The molecule has 0 radical (unpaired) electrons. The molecular weight excluding hydrogens is 482 g/mol. The molecule has 0 bridgehead atoms. The summed E-state index contributed by atoms with van der Waals surface area (Å²) in [5, 5.41) is 13.9. The van der Waals surface area contributed by atoms with Gasteiger partial charge in [-0.3, -0.25) is 4.79 Å². The molecule has 0 atom stereocenters. The third kappa shape index (κ3) is 6.88. The number of aromatic nitrogens is 2. The largest absolute Gasteiger partial charge is 0.497 e. The molecule has 10 heteroatoms. The van der Waals surface area contributed by atoms with Crippen molar-refractivity contribution >= 4 is 41.1 Å². The van der Waals surface area contributed by atoms with Gasteiger partial charge >= 0.3 is 0 Å². The monoisotopic (exact) mass is 507 g/mol. The van der Waals surface area contributed by atoms with Crippen LogP contribution in [0.5, 0.6) is 5.75 Å². The van der Waals surface area contributed by atoms with Gasteiger partial charge in [0.25, 0.3) is 0 Å². The lowest BCUT2D eigenvalue weighted by molar-refractivity contribution is -0.113. The predicted octanol–water partition coefficient (Wildman–Crippen LogP) is 4.22. The minimum Gasteiger partial charge on any atom is -0.497 e. The van der Waals surface area contributed by atoms with Crippen LogP contribution in [0, 0.1) is 11.3 Å². The third-order valence-corrected chi connectivity index (χ3v) is 7.19. The Morgan fingerprint density at radius 3 is 2.43 bits per heavy atom. The predicted molar refractivity (Wildman–Crippen MR) is 138 cm³/mol. The van der Waals surface area contributed by atoms with Gasteiger partial charge in [-0.1, -0.05) is 42.1 Å². The van der Waals surface area contributed by atoms with E-state index in [1.54, 1.807) is 31.4 Å². The van der Waals surface area contributed by atoms with Gasteiger partial charge in [0.1, 0.15) is 27.4 Å². The summed E-state index contributed by atoms with van der Waals surface area (Å²) >= 11 is 2.74. The van der Waals surface area contributed by atoms with E-state index < -0.39 is 0 Å². The van der Waals surface area contributed by atoms with Crippen LogP contribution in [-0.2, 0) is 15.3 Å². The van der Waals surface area contributed by atoms with Crippen LogP contribution in [-0.4, -0.2) is 55.0 Å². The summed E-state index contributed by atoms with van der Waals surface area (Å²) in [6.07, 6.45) is 0. The summed E-state index contributed by atoms with van der Waals surface area (Å²) in [6.45, 7) is 2.55. The van der Waals surface area contributed by atoms with Gasteiger partial charge in [0.2, 0.25) is 11.9 Å². The number of benzene rings is 2. The average molecular weight is 508 g/mol. The summed E-state index contributed by atoms with van der Waals surface area (Å²) in [7, 11) is 1.59. The van der Waals surface area contributed by atoms with Gasteiger partial charge in [-0.15, -0.1) is 11.8 Å². The number of anilines is 2. The molecule has 1 saturated heterocycles. The Labute approximate surface area is 213 Å². The first kappa shape index (κ1) is 24.9. The molecule has 2 aromatic carbocycles. The Hall–Kier alpha value is -3.26. The van der Waals surface area contributed by atoms with Gasteiger partial charge in [-0.25, -0.2) is 9.97 Å². The number of ether oxygens (including phenoxy) is 2. The Bertz CT molecular complexity index is 1180. The molecule has 1 aliphatic rings. The number of hydrogen-bond donors (Lipinski definition) is 1. The fraction of sp³-hybridized carbons (Fsp3) is 0.280. The summed E-state index contributed by atoms with van der Waals surface area (Å²) < 4.78 is 10.6. The van der Waals surface area contributed by atoms with Crippen LogP contribution in [0.4, 0.5) is 11.6 Å². The maximum Gasteiger partial charge on any atom is 0.234 e. The SMILES string of the molecule is COc1ccc(NC(=O)CSc2nc(N3CCOCC3)nc(SCc3ccccc3)c2C#N)cc1. The number of hydrogen-bond acceptors (Lipinski definition) is 9. The number of nitrogens with one attached hydrogen (secondary N) is 1. The molecule has 1 amide bonds. The Kier molecular flexibility index (Phi) is 8.84. The van der Waals surface area contributed by atoms with E-state index >= 15 is 0 Å². The molecule has 4 rings (SSSR count). The van der Waals surface area contributed by atoms with E-state index in [9.17, 15) is 10.1 Å². The number of nitriles is 1. The minimum absolute atomic E-state index is 0.114. The molecule has 0 saturated carbocycles. The lowest BCUT2D eigenvalue weighted by atomic mass is 10.2. The van der Waals surface area contributed by atoms with E-state index in [4.69, 9.17) is 14.5 Å². The number of methoxy groups -OCH3 is 1. The first-order chi connectivity index (χ1) is 17.2. The number of thioether (sulfide) groups is 2. The number of carbonyl (C=O) groups is 1. The lowest BCUT2D eigenvalue weighted by Gasteiger charge is -2.27. The quantitative estimate of drug-likeness (QED) is 0.337. The Morgan fingerprint density at radius 2 is 1.77 bits per heavy atom. The van der Waals surface area contributed by atoms with Crippen LogP contribution in [0.25, 0.3) is 0 Å². The first-order valence-corrected chi connectivity index (χ1v) is 13.0. The third-order valence-electron chi connectivity index (χ3n) is 5.17. The van der Waals surface area contributed by atoms with Crippen LogP contribution in [0.2, 0.25) is 0 Å². The van der Waals surface area contributed by atoms with Crippen molar-refractivity contribution in [2.45, 2.75) is 15.8 Å². The highest BCUT2D eigenvalue weighted by Gasteiger charge is 2.21. The summed E-state index contributed by atoms with van der Waals surface area (Å²) in [5.41, 5.74) is 2.21. The Balaban J connectivity index is 1.52. The number of rotatable bonds is 9. The van der Waals surface area contributed by atoms with Crippen molar-refractivity contribution in [1.29, 1.82) is 5.26 Å². The second-order valence-electron chi connectivity index (χ2n) is 7.56. The molecule has 1 N–H and O–H groups in total. The van der Waals surface area contributed by atoms with E-state index in [1.807, 2.05) is 30.3 Å². The fourth-order valence-corrected chi connectivity index (χ4v) is 5.12.